The second-order valence-corrected chi connectivity index (χ2v) is 12.6. The Morgan fingerprint density at radius 2 is 1.78 bits per heavy atom. The van der Waals surface area contributed by atoms with E-state index in [0.717, 1.165) is 32.1 Å². The zero-order chi connectivity index (χ0) is 32.7. The predicted molar refractivity (Wildman–Crippen MR) is 163 cm³/mol. The van der Waals surface area contributed by atoms with Gasteiger partial charge < -0.3 is 30.7 Å². The lowest BCUT2D eigenvalue weighted by Gasteiger charge is -2.38. The lowest BCUT2D eigenvalue weighted by atomic mass is 9.85. The summed E-state index contributed by atoms with van der Waals surface area (Å²) < 4.78 is 44.3. The highest BCUT2D eigenvalue weighted by atomic mass is 35.5. The van der Waals surface area contributed by atoms with Crippen LogP contribution in [0.25, 0.3) is 11.3 Å². The molecule has 2 aliphatic carbocycles. The summed E-state index contributed by atoms with van der Waals surface area (Å²) in [5, 5.41) is 9.54. The number of amides is 4. The van der Waals surface area contributed by atoms with Crippen molar-refractivity contribution in [1.82, 2.24) is 34.4 Å². The lowest BCUT2D eigenvalue weighted by molar-refractivity contribution is -0.141. The summed E-state index contributed by atoms with van der Waals surface area (Å²) in [6.07, 6.45) is 2.39. The average molecular weight is 662 g/mol. The lowest BCUT2D eigenvalue weighted by Crippen LogP contribution is -2.57. The number of carbonyl (C=O) groups excluding carboxylic acids is 3. The molecule has 3 aliphatic rings. The molecular weight excluding hydrogens is 627 g/mol. The largest absolute Gasteiger partial charge is 0.435 e. The van der Waals surface area contributed by atoms with Gasteiger partial charge in [-0.25, -0.2) is 9.78 Å². The van der Waals surface area contributed by atoms with Crippen LogP contribution in [0.2, 0.25) is 5.02 Å². The third-order valence-corrected chi connectivity index (χ3v) is 9.29. The summed E-state index contributed by atoms with van der Waals surface area (Å²) in [5.41, 5.74) is 5.21. The normalized spacial score (nSPS) is 20.2. The number of benzene rings is 1. The number of halogens is 4. The SMILES string of the molecule is Cn1c(-c2cn(CC3CCC3)nc2C(F)(F)F)cnc1C(=O)Nc1ccc(C(=O)N2CCN(C(=O)NC3CC(N)C3)CC2)c(Cl)c1. The van der Waals surface area contributed by atoms with Gasteiger partial charge in [0.2, 0.25) is 0 Å². The highest BCUT2D eigenvalue weighted by Crippen LogP contribution is 2.37. The molecule has 1 aliphatic heterocycles. The van der Waals surface area contributed by atoms with Gasteiger partial charge in [-0.2, -0.15) is 18.3 Å². The zero-order valence-corrected chi connectivity index (χ0v) is 25.9. The minimum atomic E-state index is -4.68. The number of anilines is 1. The molecule has 12 nitrogen and oxygen atoms in total. The summed E-state index contributed by atoms with van der Waals surface area (Å²) in [5.74, 6) is -0.790. The van der Waals surface area contributed by atoms with Gasteiger partial charge in [-0.15, -0.1) is 0 Å². The Morgan fingerprint density at radius 1 is 1.09 bits per heavy atom. The van der Waals surface area contributed by atoms with Crippen molar-refractivity contribution in [3.63, 3.8) is 0 Å². The highest BCUT2D eigenvalue weighted by molar-refractivity contribution is 6.34. The number of nitrogens with one attached hydrogen (secondary N) is 2. The summed E-state index contributed by atoms with van der Waals surface area (Å²) in [7, 11) is 1.46. The third kappa shape index (κ3) is 6.56. The quantitative estimate of drug-likeness (QED) is 0.350. The molecule has 3 fully saturated rings. The van der Waals surface area contributed by atoms with Gasteiger partial charge in [-0.1, -0.05) is 18.0 Å². The van der Waals surface area contributed by atoms with Crippen molar-refractivity contribution in [2.45, 2.75) is 56.9 Å². The smallest absolute Gasteiger partial charge is 0.335 e. The number of carbonyl (C=O) groups is 3. The summed E-state index contributed by atoms with van der Waals surface area (Å²) in [4.78, 5) is 46.2. The van der Waals surface area contributed by atoms with E-state index in [1.165, 1.54) is 46.9 Å². The first-order chi connectivity index (χ1) is 21.9. The number of hydrogen-bond donors (Lipinski definition) is 3. The molecule has 3 aromatic rings. The van der Waals surface area contributed by atoms with Gasteiger partial charge in [0, 0.05) is 63.7 Å². The maximum atomic E-state index is 13.9. The van der Waals surface area contributed by atoms with Crippen LogP contribution in [0.5, 0.6) is 0 Å². The molecule has 1 aromatic carbocycles. The number of piperazine rings is 1. The van der Waals surface area contributed by atoms with Crippen LogP contribution >= 0.6 is 11.6 Å². The monoisotopic (exact) mass is 661 g/mol. The second-order valence-electron chi connectivity index (χ2n) is 12.2. The molecule has 6 rings (SSSR count). The van der Waals surface area contributed by atoms with Crippen molar-refractivity contribution in [2.75, 3.05) is 31.5 Å². The first-order valence-electron chi connectivity index (χ1n) is 15.2. The van der Waals surface area contributed by atoms with Gasteiger partial charge in [-0.05, 0) is 49.8 Å². The van der Waals surface area contributed by atoms with Crippen molar-refractivity contribution in [3.05, 3.63) is 52.7 Å². The van der Waals surface area contributed by atoms with Crippen molar-refractivity contribution in [2.24, 2.45) is 18.7 Å². The molecule has 4 N–H and O–H groups in total. The minimum absolute atomic E-state index is 0.0908. The molecule has 1 saturated heterocycles. The van der Waals surface area contributed by atoms with E-state index in [0.29, 0.717) is 38.6 Å². The molecule has 3 heterocycles. The van der Waals surface area contributed by atoms with E-state index in [4.69, 9.17) is 17.3 Å². The molecule has 4 amide bonds. The Balaban J connectivity index is 1.09. The van der Waals surface area contributed by atoms with E-state index < -0.39 is 17.8 Å². The van der Waals surface area contributed by atoms with E-state index in [2.05, 4.69) is 20.7 Å². The van der Waals surface area contributed by atoms with Crippen LogP contribution in [0.3, 0.4) is 0 Å². The molecule has 0 bridgehead atoms. The molecular formula is C30H35ClF3N9O3. The number of imidazole rings is 1. The van der Waals surface area contributed by atoms with Gasteiger partial charge in [0.05, 0.1) is 28.0 Å². The molecule has 0 atom stereocenters. The molecule has 46 heavy (non-hydrogen) atoms. The zero-order valence-electron chi connectivity index (χ0n) is 25.2. The fourth-order valence-electron chi connectivity index (χ4n) is 6.00. The maximum absolute atomic E-state index is 13.9. The number of nitrogens with zero attached hydrogens (tertiary/aromatic N) is 6. The van der Waals surface area contributed by atoms with Gasteiger partial charge in [0.1, 0.15) is 0 Å². The minimum Gasteiger partial charge on any atom is -0.335 e. The highest BCUT2D eigenvalue weighted by Gasteiger charge is 2.39. The molecule has 246 valence electrons. The van der Waals surface area contributed by atoms with E-state index in [-0.39, 0.29) is 57.4 Å². The Labute approximate surface area is 268 Å². The summed E-state index contributed by atoms with van der Waals surface area (Å²) in [6.45, 7) is 1.82. The first kappa shape index (κ1) is 31.9. The molecule has 0 spiro atoms. The molecule has 0 radical (unpaired) electrons. The van der Waals surface area contributed by atoms with Crippen LogP contribution in [0.1, 0.15) is 58.8 Å². The Kier molecular flexibility index (Phi) is 8.72. The van der Waals surface area contributed by atoms with E-state index in [1.54, 1.807) is 9.80 Å². The van der Waals surface area contributed by atoms with Gasteiger partial charge >= 0.3 is 12.2 Å². The van der Waals surface area contributed by atoms with E-state index in [1.807, 2.05) is 0 Å². The summed E-state index contributed by atoms with van der Waals surface area (Å²) >= 11 is 6.45. The summed E-state index contributed by atoms with van der Waals surface area (Å²) in [6, 6.07) is 4.49. The fraction of sp³-hybridized carbons (Fsp3) is 0.500. The van der Waals surface area contributed by atoms with E-state index in [9.17, 15) is 27.6 Å². The average Bonchev–Trinajstić information content (AvgIpc) is 3.57. The number of rotatable bonds is 7. The van der Waals surface area contributed by atoms with Crippen molar-refractivity contribution < 1.29 is 27.6 Å². The number of hydrogen-bond acceptors (Lipinski definition) is 6. The van der Waals surface area contributed by atoms with Crippen molar-refractivity contribution in [1.29, 1.82) is 0 Å². The molecule has 2 saturated carbocycles. The second kappa shape index (κ2) is 12.6. The predicted octanol–water partition coefficient (Wildman–Crippen LogP) is 3.97. The van der Waals surface area contributed by atoms with Crippen LogP contribution in [-0.4, -0.2) is 85.2 Å². The van der Waals surface area contributed by atoms with Crippen LogP contribution in [0.15, 0.2) is 30.6 Å². The third-order valence-electron chi connectivity index (χ3n) is 8.98. The molecule has 2 aromatic heterocycles. The number of alkyl halides is 3. The van der Waals surface area contributed by atoms with Crippen LogP contribution in [0, 0.1) is 5.92 Å². The van der Waals surface area contributed by atoms with Crippen molar-refractivity contribution in [3.8, 4) is 11.3 Å². The molecule has 0 unspecified atom stereocenters. The topological polar surface area (TPSA) is 143 Å². The first-order valence-corrected chi connectivity index (χ1v) is 15.6. The van der Waals surface area contributed by atoms with Gasteiger partial charge in [0.15, 0.2) is 11.5 Å². The van der Waals surface area contributed by atoms with Crippen LogP contribution < -0.4 is 16.4 Å². The Bertz CT molecular complexity index is 1640. The number of aromatic nitrogens is 4. The number of urea groups is 1. The fourth-order valence-corrected chi connectivity index (χ4v) is 6.27. The van der Waals surface area contributed by atoms with Gasteiger partial charge in [0.25, 0.3) is 11.8 Å². The van der Waals surface area contributed by atoms with Crippen molar-refractivity contribution >= 4 is 35.1 Å². The standard InChI is InChI=1S/C30H35ClF3N9O3/c1-40-24(22-16-43(15-17-3-2-4-17)39-25(22)30(32,33)34)14-36-26(40)27(44)37-19-5-6-21(23(31)13-19)28(45)41-7-9-42(10-8-41)29(46)38-20-11-18(35)12-20/h5-6,13-14,16-18,20H,2-4,7-12,15,35H2,1H3,(H,37,44)(H,38,46). The van der Waals surface area contributed by atoms with Crippen LogP contribution in [-0.2, 0) is 19.8 Å². The van der Waals surface area contributed by atoms with E-state index >= 15 is 0 Å². The van der Waals surface area contributed by atoms with Gasteiger partial charge in [-0.3, -0.25) is 14.3 Å². The van der Waals surface area contributed by atoms with Crippen LogP contribution in [0.4, 0.5) is 23.7 Å². The Morgan fingerprint density at radius 3 is 2.39 bits per heavy atom. The molecule has 16 heteroatoms. The Hall–Kier alpha value is -4.11. The number of nitrogens with two attached hydrogens (primary N) is 1. The maximum Gasteiger partial charge on any atom is 0.435 e.